The Kier molecular flexibility index (Phi) is 4.32. The Bertz CT molecular complexity index is 548. The van der Waals surface area contributed by atoms with E-state index in [1.54, 1.807) is 11.9 Å². The van der Waals surface area contributed by atoms with E-state index >= 15 is 0 Å². The van der Waals surface area contributed by atoms with Crippen LogP contribution in [0.5, 0.6) is 0 Å². The first-order chi connectivity index (χ1) is 8.90. The average molecular weight is 306 g/mol. The molecule has 19 heavy (non-hydrogen) atoms. The molecule has 0 saturated carbocycles. The number of nitrogens with two attached hydrogens (primary N) is 1. The van der Waals surface area contributed by atoms with Crippen LogP contribution in [0.2, 0.25) is 5.02 Å². The zero-order valence-corrected chi connectivity index (χ0v) is 12.1. The van der Waals surface area contributed by atoms with Crippen LogP contribution in [0.1, 0.15) is 5.56 Å². The fourth-order valence-electron chi connectivity index (χ4n) is 1.71. The summed E-state index contributed by atoms with van der Waals surface area (Å²) in [4.78, 5) is 2.56. The number of hydrazine groups is 1. The quantitative estimate of drug-likeness (QED) is 0.805. The molecule has 0 atom stereocenters. The molecular weight excluding hydrogens is 290 g/mol. The predicted molar refractivity (Wildman–Crippen MR) is 73.3 cm³/mol. The molecule has 0 bridgehead atoms. The molecule has 2 rings (SSSR count). The van der Waals surface area contributed by atoms with E-state index in [1.807, 2.05) is 0 Å². The molecule has 0 aromatic heterocycles. The fourth-order valence-corrected chi connectivity index (χ4v) is 3.18. The lowest BCUT2D eigenvalue weighted by molar-refractivity contribution is 0.0272. The number of nitrogens with one attached hydrogen (secondary N) is 1. The molecule has 1 heterocycles. The first-order valence-corrected chi connectivity index (χ1v) is 7.67. The van der Waals surface area contributed by atoms with Gasteiger partial charge in [0, 0.05) is 23.8 Å². The summed E-state index contributed by atoms with van der Waals surface area (Å²) < 4.78 is 29.6. The van der Waals surface area contributed by atoms with E-state index in [9.17, 15) is 8.42 Å². The second-order valence-corrected chi connectivity index (χ2v) is 6.38. The van der Waals surface area contributed by atoms with Gasteiger partial charge in [-0.2, -0.15) is 0 Å². The molecular formula is C11H16ClN3O3S. The highest BCUT2D eigenvalue weighted by atomic mass is 35.5. The van der Waals surface area contributed by atoms with Crippen LogP contribution >= 0.6 is 11.6 Å². The SMILES string of the molecule is Cc1c(N)cc(S(=O)(=O)NN2CCOCC2)cc1Cl. The third-order valence-corrected chi connectivity index (χ3v) is 4.68. The van der Waals surface area contributed by atoms with Crippen molar-refractivity contribution in [2.45, 2.75) is 11.8 Å². The smallest absolute Gasteiger partial charge is 0.253 e. The number of hydrogen-bond donors (Lipinski definition) is 2. The van der Waals surface area contributed by atoms with Gasteiger partial charge in [-0.3, -0.25) is 0 Å². The standard InChI is InChI=1S/C11H16ClN3O3S/c1-8-10(12)6-9(7-11(8)13)19(16,17)14-15-2-4-18-5-3-15/h6-7,14H,2-5,13H2,1H3. The molecule has 0 amide bonds. The molecule has 3 N–H and O–H groups in total. The van der Waals surface area contributed by atoms with Crippen LogP contribution in [-0.2, 0) is 14.8 Å². The summed E-state index contributed by atoms with van der Waals surface area (Å²) >= 11 is 5.96. The van der Waals surface area contributed by atoms with Crippen LogP contribution in [0.25, 0.3) is 0 Å². The van der Waals surface area contributed by atoms with Crippen molar-refractivity contribution in [1.82, 2.24) is 9.84 Å². The van der Waals surface area contributed by atoms with Gasteiger partial charge in [-0.1, -0.05) is 11.6 Å². The second-order valence-electron chi connectivity index (χ2n) is 4.31. The third kappa shape index (κ3) is 3.37. The Morgan fingerprint density at radius 1 is 1.37 bits per heavy atom. The molecule has 1 fully saturated rings. The van der Waals surface area contributed by atoms with Crippen molar-refractivity contribution in [2.24, 2.45) is 0 Å². The minimum Gasteiger partial charge on any atom is -0.398 e. The van der Waals surface area contributed by atoms with E-state index in [0.717, 1.165) is 0 Å². The monoisotopic (exact) mass is 305 g/mol. The Morgan fingerprint density at radius 3 is 2.58 bits per heavy atom. The molecule has 1 saturated heterocycles. The van der Waals surface area contributed by atoms with E-state index in [2.05, 4.69) is 4.83 Å². The van der Waals surface area contributed by atoms with Gasteiger partial charge in [-0.05, 0) is 24.6 Å². The number of rotatable bonds is 3. The fraction of sp³-hybridized carbons (Fsp3) is 0.455. The number of nitrogens with zero attached hydrogens (tertiary/aromatic N) is 1. The van der Waals surface area contributed by atoms with Crippen LogP contribution in [-0.4, -0.2) is 39.7 Å². The maximum atomic E-state index is 12.2. The number of benzene rings is 1. The minimum atomic E-state index is -3.67. The Hall–Kier alpha value is -0.860. The van der Waals surface area contributed by atoms with Crippen LogP contribution < -0.4 is 10.6 Å². The van der Waals surface area contributed by atoms with Crippen molar-refractivity contribution in [3.63, 3.8) is 0 Å². The van der Waals surface area contributed by atoms with E-state index < -0.39 is 10.0 Å². The van der Waals surface area contributed by atoms with Crippen molar-refractivity contribution in [2.75, 3.05) is 32.0 Å². The zero-order chi connectivity index (χ0) is 14.0. The predicted octanol–water partition coefficient (Wildman–Crippen LogP) is 0.756. The molecule has 8 heteroatoms. The van der Waals surface area contributed by atoms with Crippen molar-refractivity contribution in [3.8, 4) is 0 Å². The maximum absolute atomic E-state index is 12.2. The van der Waals surface area contributed by atoms with E-state index in [1.165, 1.54) is 12.1 Å². The van der Waals surface area contributed by atoms with Gasteiger partial charge in [0.1, 0.15) is 0 Å². The van der Waals surface area contributed by atoms with Gasteiger partial charge < -0.3 is 10.5 Å². The number of nitrogen functional groups attached to an aromatic ring is 1. The van der Waals surface area contributed by atoms with E-state index in [-0.39, 0.29) is 4.90 Å². The number of sulfonamides is 1. The summed E-state index contributed by atoms with van der Waals surface area (Å²) in [5.41, 5.74) is 6.77. The molecule has 0 spiro atoms. The largest absolute Gasteiger partial charge is 0.398 e. The second kappa shape index (κ2) is 5.64. The van der Waals surface area contributed by atoms with Crippen LogP contribution in [0.15, 0.2) is 17.0 Å². The van der Waals surface area contributed by atoms with E-state index in [0.29, 0.717) is 42.6 Å². The molecule has 1 aromatic carbocycles. The van der Waals surface area contributed by atoms with Crippen LogP contribution in [0.4, 0.5) is 5.69 Å². The van der Waals surface area contributed by atoms with Gasteiger partial charge >= 0.3 is 0 Å². The van der Waals surface area contributed by atoms with Crippen LogP contribution in [0.3, 0.4) is 0 Å². The van der Waals surface area contributed by atoms with Crippen molar-refractivity contribution < 1.29 is 13.2 Å². The first-order valence-electron chi connectivity index (χ1n) is 5.81. The molecule has 0 aliphatic carbocycles. The van der Waals surface area contributed by atoms with Crippen molar-refractivity contribution >= 4 is 27.3 Å². The summed E-state index contributed by atoms with van der Waals surface area (Å²) in [6.45, 7) is 3.75. The number of hydrogen-bond acceptors (Lipinski definition) is 5. The van der Waals surface area contributed by atoms with Crippen molar-refractivity contribution in [1.29, 1.82) is 0 Å². The maximum Gasteiger partial charge on any atom is 0.253 e. The molecule has 1 aliphatic rings. The van der Waals surface area contributed by atoms with Gasteiger partial charge in [0.05, 0.1) is 18.1 Å². The number of halogens is 1. The summed E-state index contributed by atoms with van der Waals surface area (Å²) in [6, 6.07) is 2.81. The highest BCUT2D eigenvalue weighted by Crippen LogP contribution is 2.25. The summed E-state index contributed by atoms with van der Waals surface area (Å²) in [6.07, 6.45) is 0. The summed E-state index contributed by atoms with van der Waals surface area (Å²) in [7, 11) is -3.67. The number of anilines is 1. The Labute approximate surface area is 117 Å². The molecule has 106 valence electrons. The van der Waals surface area contributed by atoms with Crippen LogP contribution in [0, 0.1) is 6.92 Å². The van der Waals surface area contributed by atoms with Crippen molar-refractivity contribution in [3.05, 3.63) is 22.7 Å². The molecule has 0 unspecified atom stereocenters. The highest BCUT2D eigenvalue weighted by molar-refractivity contribution is 7.89. The van der Waals surface area contributed by atoms with Gasteiger partial charge in [0.25, 0.3) is 10.0 Å². The third-order valence-electron chi connectivity index (χ3n) is 2.93. The normalized spacial score (nSPS) is 17.6. The molecule has 1 aliphatic heterocycles. The topological polar surface area (TPSA) is 84.7 Å². The lowest BCUT2D eigenvalue weighted by Crippen LogP contribution is -2.48. The molecule has 6 nitrogen and oxygen atoms in total. The highest BCUT2D eigenvalue weighted by Gasteiger charge is 2.21. The van der Waals surface area contributed by atoms with Gasteiger partial charge in [0.2, 0.25) is 0 Å². The Morgan fingerprint density at radius 2 is 2.00 bits per heavy atom. The van der Waals surface area contributed by atoms with Gasteiger partial charge in [0.15, 0.2) is 0 Å². The summed E-state index contributed by atoms with van der Waals surface area (Å²) in [5.74, 6) is 0. The summed E-state index contributed by atoms with van der Waals surface area (Å²) in [5, 5.41) is 1.94. The van der Waals surface area contributed by atoms with E-state index in [4.69, 9.17) is 22.1 Å². The Balaban J connectivity index is 2.24. The van der Waals surface area contributed by atoms with Gasteiger partial charge in [-0.25, -0.2) is 13.4 Å². The molecule has 1 aromatic rings. The number of ether oxygens (including phenoxy) is 1. The lowest BCUT2D eigenvalue weighted by atomic mass is 10.2. The molecule has 0 radical (unpaired) electrons. The number of morpholine rings is 1. The lowest BCUT2D eigenvalue weighted by Gasteiger charge is -2.26. The zero-order valence-electron chi connectivity index (χ0n) is 10.5. The minimum absolute atomic E-state index is 0.0621. The van der Waals surface area contributed by atoms with Gasteiger partial charge in [-0.15, -0.1) is 4.83 Å². The first kappa shape index (κ1) is 14.5. The average Bonchev–Trinajstić information content (AvgIpc) is 2.36.